The number of rotatable bonds is 5. The van der Waals surface area contributed by atoms with Crippen molar-refractivity contribution in [3.8, 4) is 11.5 Å². The smallest absolute Gasteiger partial charge is 0.251 e. The zero-order valence-electron chi connectivity index (χ0n) is 18.1. The van der Waals surface area contributed by atoms with Crippen molar-refractivity contribution < 1.29 is 22.7 Å². The van der Waals surface area contributed by atoms with E-state index in [1.165, 1.54) is 11.4 Å². The average Bonchev–Trinajstić information content (AvgIpc) is 2.65. The van der Waals surface area contributed by atoms with Gasteiger partial charge in [0.25, 0.3) is 5.91 Å². The van der Waals surface area contributed by atoms with Crippen LogP contribution in [-0.4, -0.2) is 40.3 Å². The molecule has 2 aromatic rings. The second-order valence-corrected chi connectivity index (χ2v) is 10.2. The molecule has 0 radical (unpaired) electrons. The summed E-state index contributed by atoms with van der Waals surface area (Å²) in [5, 5.41) is 3.10. The quantitative estimate of drug-likeness (QED) is 0.782. The molecule has 0 fully saturated rings. The Morgan fingerprint density at radius 3 is 2.53 bits per heavy atom. The van der Waals surface area contributed by atoms with Crippen LogP contribution in [0.15, 0.2) is 36.4 Å². The number of fused-ring (bicyclic) bond motifs is 1. The highest BCUT2D eigenvalue weighted by molar-refractivity contribution is 7.92. The number of carbonyl (C=O) groups is 1. The summed E-state index contributed by atoms with van der Waals surface area (Å²) < 4.78 is 36.2. The number of carbonyl (C=O) groups excluding carboxylic acids is 1. The zero-order chi connectivity index (χ0) is 22.3. The molecule has 162 valence electrons. The zero-order valence-corrected chi connectivity index (χ0v) is 19.0. The van der Waals surface area contributed by atoms with Gasteiger partial charge in [-0.05, 0) is 56.7 Å². The topological polar surface area (TPSA) is 84.9 Å². The lowest BCUT2D eigenvalue weighted by Gasteiger charge is -2.38. The average molecular weight is 433 g/mol. The summed E-state index contributed by atoms with van der Waals surface area (Å²) in [6.07, 6.45) is 1.76. The van der Waals surface area contributed by atoms with E-state index in [0.717, 1.165) is 11.8 Å². The SMILES string of the molecule is COc1ccc2c(c1)OC(C)(C)C[C@@H]2NC(=O)c1ccc(N(C)S(C)(=O)=O)c(C)c1. The number of hydrogen-bond donors (Lipinski definition) is 1. The fraction of sp³-hybridized carbons (Fsp3) is 0.409. The minimum Gasteiger partial charge on any atom is -0.497 e. The van der Waals surface area contributed by atoms with Crippen LogP contribution in [0.1, 0.15) is 47.8 Å². The third-order valence-corrected chi connectivity index (χ3v) is 6.47. The van der Waals surface area contributed by atoms with Crippen LogP contribution in [0.2, 0.25) is 0 Å². The first kappa shape index (κ1) is 22.0. The molecule has 1 amide bonds. The van der Waals surface area contributed by atoms with E-state index in [4.69, 9.17) is 9.47 Å². The molecule has 1 aliphatic heterocycles. The molecule has 8 heteroatoms. The summed E-state index contributed by atoms with van der Waals surface area (Å²) in [6, 6.07) is 10.3. The molecule has 0 spiro atoms. The minimum atomic E-state index is -3.38. The maximum atomic E-state index is 13.0. The number of sulfonamides is 1. The van der Waals surface area contributed by atoms with E-state index in [0.29, 0.717) is 34.7 Å². The van der Waals surface area contributed by atoms with Crippen LogP contribution in [0.3, 0.4) is 0 Å². The standard InChI is InChI=1S/C22H28N2O5S/c1-14-11-15(7-10-19(14)24(4)30(6,26)27)21(25)23-18-13-22(2,3)29-20-12-16(28-5)8-9-17(18)20/h7-12,18H,13H2,1-6H3,(H,23,25)/t18-/m0/s1. The van der Waals surface area contributed by atoms with Crippen molar-refractivity contribution in [2.75, 3.05) is 24.7 Å². The molecule has 0 saturated carbocycles. The molecule has 1 aliphatic rings. The Morgan fingerprint density at radius 1 is 1.23 bits per heavy atom. The molecule has 7 nitrogen and oxygen atoms in total. The highest BCUT2D eigenvalue weighted by atomic mass is 32.2. The van der Waals surface area contributed by atoms with Gasteiger partial charge in [-0.1, -0.05) is 0 Å². The number of nitrogens with zero attached hydrogens (tertiary/aromatic N) is 1. The van der Waals surface area contributed by atoms with Gasteiger partial charge in [0.1, 0.15) is 17.1 Å². The van der Waals surface area contributed by atoms with Gasteiger partial charge >= 0.3 is 0 Å². The van der Waals surface area contributed by atoms with E-state index in [-0.39, 0.29) is 11.9 Å². The van der Waals surface area contributed by atoms with Gasteiger partial charge in [0.05, 0.1) is 25.1 Å². The molecule has 0 aromatic heterocycles. The van der Waals surface area contributed by atoms with Gasteiger partial charge in [-0.15, -0.1) is 0 Å². The monoisotopic (exact) mass is 432 g/mol. The molecule has 1 heterocycles. The van der Waals surface area contributed by atoms with E-state index < -0.39 is 15.6 Å². The van der Waals surface area contributed by atoms with Crippen molar-refractivity contribution in [1.82, 2.24) is 5.32 Å². The van der Waals surface area contributed by atoms with Crippen LogP contribution in [-0.2, 0) is 10.0 Å². The second-order valence-electron chi connectivity index (χ2n) is 8.23. The predicted octanol–water partition coefficient (Wildman–Crippen LogP) is 3.43. The highest BCUT2D eigenvalue weighted by Crippen LogP contribution is 2.41. The van der Waals surface area contributed by atoms with Crippen molar-refractivity contribution in [3.63, 3.8) is 0 Å². The Bertz CT molecular complexity index is 1080. The van der Waals surface area contributed by atoms with Crippen LogP contribution in [0.4, 0.5) is 5.69 Å². The summed E-state index contributed by atoms with van der Waals surface area (Å²) >= 11 is 0. The van der Waals surface area contributed by atoms with Gasteiger partial charge in [0.2, 0.25) is 10.0 Å². The number of amides is 1. The van der Waals surface area contributed by atoms with Crippen LogP contribution < -0.4 is 19.1 Å². The van der Waals surface area contributed by atoms with Crippen molar-refractivity contribution in [2.45, 2.75) is 38.8 Å². The molecule has 0 bridgehead atoms. The van der Waals surface area contributed by atoms with Crippen LogP contribution in [0.25, 0.3) is 0 Å². The number of nitrogens with one attached hydrogen (secondary N) is 1. The first-order valence-electron chi connectivity index (χ1n) is 9.63. The first-order chi connectivity index (χ1) is 13.9. The Labute approximate surface area is 178 Å². The lowest BCUT2D eigenvalue weighted by atomic mass is 9.89. The van der Waals surface area contributed by atoms with E-state index in [9.17, 15) is 13.2 Å². The molecule has 1 atom stereocenters. The van der Waals surface area contributed by atoms with Crippen molar-refractivity contribution in [1.29, 1.82) is 0 Å². The van der Waals surface area contributed by atoms with Gasteiger partial charge in [0.15, 0.2) is 0 Å². The summed E-state index contributed by atoms with van der Waals surface area (Å²) in [5.41, 5.74) is 2.16. The molecular weight excluding hydrogens is 404 g/mol. The minimum absolute atomic E-state index is 0.221. The maximum Gasteiger partial charge on any atom is 0.251 e. The van der Waals surface area contributed by atoms with Gasteiger partial charge < -0.3 is 14.8 Å². The van der Waals surface area contributed by atoms with Crippen LogP contribution in [0.5, 0.6) is 11.5 Å². The maximum absolute atomic E-state index is 13.0. The van der Waals surface area contributed by atoms with Gasteiger partial charge in [0, 0.05) is 30.7 Å². The molecule has 0 aliphatic carbocycles. The molecular formula is C22H28N2O5S. The van der Waals surface area contributed by atoms with Crippen molar-refractivity contribution >= 4 is 21.6 Å². The lowest BCUT2D eigenvalue weighted by Crippen LogP contribution is -2.41. The van der Waals surface area contributed by atoms with E-state index in [2.05, 4.69) is 5.32 Å². The fourth-order valence-corrected chi connectivity index (χ4v) is 4.22. The predicted molar refractivity (Wildman–Crippen MR) is 117 cm³/mol. The number of hydrogen-bond acceptors (Lipinski definition) is 5. The summed E-state index contributed by atoms with van der Waals surface area (Å²) in [6.45, 7) is 5.75. The number of anilines is 1. The summed E-state index contributed by atoms with van der Waals surface area (Å²) in [4.78, 5) is 13.0. The Morgan fingerprint density at radius 2 is 1.93 bits per heavy atom. The third-order valence-electron chi connectivity index (χ3n) is 5.28. The number of methoxy groups -OCH3 is 1. The number of ether oxygens (including phenoxy) is 2. The summed E-state index contributed by atoms with van der Waals surface area (Å²) in [5.74, 6) is 1.16. The van der Waals surface area contributed by atoms with E-state index in [1.54, 1.807) is 32.2 Å². The van der Waals surface area contributed by atoms with Crippen LogP contribution >= 0.6 is 0 Å². The molecule has 3 rings (SSSR count). The first-order valence-corrected chi connectivity index (χ1v) is 11.5. The Balaban J connectivity index is 1.87. The van der Waals surface area contributed by atoms with Crippen LogP contribution in [0, 0.1) is 6.92 Å². The Hall–Kier alpha value is -2.74. The van der Waals surface area contributed by atoms with E-state index in [1.807, 2.05) is 32.0 Å². The largest absolute Gasteiger partial charge is 0.497 e. The summed E-state index contributed by atoms with van der Waals surface area (Å²) in [7, 11) is -0.286. The Kier molecular flexibility index (Phi) is 5.73. The van der Waals surface area contributed by atoms with E-state index >= 15 is 0 Å². The third kappa shape index (κ3) is 4.53. The number of benzene rings is 2. The van der Waals surface area contributed by atoms with Gasteiger partial charge in [-0.3, -0.25) is 9.10 Å². The lowest BCUT2D eigenvalue weighted by molar-refractivity contribution is 0.0617. The molecule has 2 aromatic carbocycles. The second kappa shape index (κ2) is 7.83. The molecule has 0 unspecified atom stereocenters. The van der Waals surface area contributed by atoms with Crippen molar-refractivity contribution in [3.05, 3.63) is 53.1 Å². The molecule has 30 heavy (non-hydrogen) atoms. The van der Waals surface area contributed by atoms with Crippen molar-refractivity contribution in [2.24, 2.45) is 0 Å². The normalized spacial score (nSPS) is 17.5. The molecule has 0 saturated heterocycles. The molecule has 1 N–H and O–H groups in total. The highest BCUT2D eigenvalue weighted by Gasteiger charge is 2.35. The van der Waals surface area contributed by atoms with Gasteiger partial charge in [-0.2, -0.15) is 0 Å². The van der Waals surface area contributed by atoms with Gasteiger partial charge in [-0.25, -0.2) is 8.42 Å². The number of aryl methyl sites for hydroxylation is 1. The fourth-order valence-electron chi connectivity index (χ4n) is 3.66.